The van der Waals surface area contributed by atoms with Crippen LogP contribution in [0.25, 0.3) is 0 Å². The summed E-state index contributed by atoms with van der Waals surface area (Å²) < 4.78 is 5.05. The van der Waals surface area contributed by atoms with Gasteiger partial charge in [0.05, 0.1) is 27.4 Å². The first-order valence-electron chi connectivity index (χ1n) is 10.4. The molecule has 3 aromatic carbocycles. The van der Waals surface area contributed by atoms with Gasteiger partial charge in [0.1, 0.15) is 0 Å². The van der Waals surface area contributed by atoms with Crippen LogP contribution < -0.4 is 15.5 Å². The Morgan fingerprint density at radius 3 is 2.14 bits per heavy atom. The van der Waals surface area contributed by atoms with E-state index in [2.05, 4.69) is 10.6 Å². The molecule has 1 aliphatic rings. The molecule has 0 spiro atoms. The number of fused-ring (bicyclic) bond motifs is 1. The van der Waals surface area contributed by atoms with Crippen molar-refractivity contribution in [1.82, 2.24) is 0 Å². The van der Waals surface area contributed by atoms with Gasteiger partial charge in [-0.15, -0.1) is 0 Å². The van der Waals surface area contributed by atoms with Gasteiger partial charge in [-0.05, 0) is 54.6 Å². The summed E-state index contributed by atoms with van der Waals surface area (Å²) in [5.41, 5.74) is 1.44. The maximum Gasteiger partial charge on any atom is 0.338 e. The van der Waals surface area contributed by atoms with E-state index in [1.807, 2.05) is 0 Å². The minimum absolute atomic E-state index is 0.0124. The number of esters is 1. The number of ether oxygens (including phenoxy) is 1. The minimum Gasteiger partial charge on any atom is -0.452 e. The van der Waals surface area contributed by atoms with Crippen LogP contribution in [-0.4, -0.2) is 36.2 Å². The first-order valence-corrected chi connectivity index (χ1v) is 10.7. The number of hydrogen-bond donors (Lipinski definition) is 2. The summed E-state index contributed by atoms with van der Waals surface area (Å²) in [7, 11) is 0. The third-order valence-electron chi connectivity index (χ3n) is 5.04. The predicted octanol–water partition coefficient (Wildman–Crippen LogP) is 3.89. The molecule has 0 aliphatic carbocycles. The van der Waals surface area contributed by atoms with Crippen LogP contribution in [0, 0.1) is 0 Å². The quantitative estimate of drug-likeness (QED) is 0.398. The van der Waals surface area contributed by atoms with Gasteiger partial charge in [0, 0.05) is 18.3 Å². The summed E-state index contributed by atoms with van der Waals surface area (Å²) in [4.78, 5) is 62.3. The molecule has 9 nitrogen and oxygen atoms in total. The second kappa shape index (κ2) is 9.78. The maximum absolute atomic E-state index is 12.9. The molecule has 0 aromatic heterocycles. The van der Waals surface area contributed by atoms with Gasteiger partial charge in [-0.1, -0.05) is 23.7 Å². The summed E-state index contributed by atoms with van der Waals surface area (Å²) in [6.07, 6.45) is 0. The molecule has 1 aliphatic heterocycles. The van der Waals surface area contributed by atoms with Crippen molar-refractivity contribution in [1.29, 1.82) is 0 Å². The van der Waals surface area contributed by atoms with E-state index in [1.165, 1.54) is 25.1 Å². The molecule has 4 rings (SSSR count). The van der Waals surface area contributed by atoms with E-state index in [0.29, 0.717) is 11.4 Å². The molecule has 0 atom stereocenters. The summed E-state index contributed by atoms with van der Waals surface area (Å²) >= 11 is 6.14. The molecule has 0 fully saturated rings. The highest BCUT2D eigenvalue weighted by atomic mass is 35.5. The number of para-hydroxylation sites is 1. The molecule has 0 saturated heterocycles. The van der Waals surface area contributed by atoms with Gasteiger partial charge < -0.3 is 15.4 Å². The number of nitrogens with zero attached hydrogens (tertiary/aromatic N) is 1. The van der Waals surface area contributed by atoms with E-state index >= 15 is 0 Å². The Balaban J connectivity index is 1.40. The lowest BCUT2D eigenvalue weighted by Gasteiger charge is -2.15. The number of benzene rings is 3. The van der Waals surface area contributed by atoms with Crippen molar-refractivity contribution in [2.24, 2.45) is 0 Å². The number of nitrogens with one attached hydrogen (secondary N) is 2. The van der Waals surface area contributed by atoms with Crippen molar-refractivity contribution >= 4 is 58.3 Å². The average molecular weight is 492 g/mol. The van der Waals surface area contributed by atoms with E-state index < -0.39 is 30.3 Å². The van der Waals surface area contributed by atoms with E-state index in [0.717, 1.165) is 4.90 Å². The lowest BCUT2D eigenvalue weighted by atomic mass is 10.1. The fourth-order valence-electron chi connectivity index (χ4n) is 3.47. The molecule has 3 aromatic rings. The Bertz CT molecular complexity index is 1370. The minimum atomic E-state index is -0.833. The molecule has 0 bridgehead atoms. The lowest BCUT2D eigenvalue weighted by Crippen LogP contribution is -2.29. The zero-order valence-electron chi connectivity index (χ0n) is 18.3. The highest BCUT2D eigenvalue weighted by molar-refractivity contribution is 6.39. The molecule has 4 amide bonds. The van der Waals surface area contributed by atoms with E-state index in [-0.39, 0.29) is 33.3 Å². The Morgan fingerprint density at radius 2 is 1.49 bits per heavy atom. The zero-order valence-corrected chi connectivity index (χ0v) is 19.1. The Morgan fingerprint density at radius 1 is 0.857 bits per heavy atom. The number of carbonyl (C=O) groups excluding carboxylic acids is 5. The van der Waals surface area contributed by atoms with Crippen LogP contribution >= 0.6 is 11.6 Å². The molecular weight excluding hydrogens is 474 g/mol. The molecule has 1 heterocycles. The second-order valence-corrected chi connectivity index (χ2v) is 7.95. The van der Waals surface area contributed by atoms with E-state index in [9.17, 15) is 24.0 Å². The molecule has 2 N–H and O–H groups in total. The van der Waals surface area contributed by atoms with Crippen molar-refractivity contribution in [3.05, 3.63) is 88.4 Å². The van der Waals surface area contributed by atoms with Gasteiger partial charge in [-0.25, -0.2) is 9.69 Å². The molecule has 10 heteroatoms. The van der Waals surface area contributed by atoms with Crippen molar-refractivity contribution in [3.8, 4) is 0 Å². The predicted molar refractivity (Wildman–Crippen MR) is 129 cm³/mol. The van der Waals surface area contributed by atoms with Crippen molar-refractivity contribution in [2.75, 3.05) is 22.1 Å². The first-order chi connectivity index (χ1) is 16.7. The van der Waals surface area contributed by atoms with Crippen LogP contribution in [0.15, 0.2) is 66.7 Å². The SMILES string of the molecule is CC(=O)Nc1ccc(NC(=O)COC(=O)c2ccc3c(c2)C(=O)N(c2ccccc2Cl)C3=O)cc1. The number of anilines is 3. The van der Waals surface area contributed by atoms with E-state index in [1.54, 1.807) is 48.5 Å². The fraction of sp³-hybridized carbons (Fsp3) is 0.0800. The highest BCUT2D eigenvalue weighted by Gasteiger charge is 2.38. The lowest BCUT2D eigenvalue weighted by molar-refractivity contribution is -0.119. The smallest absolute Gasteiger partial charge is 0.338 e. The molecule has 0 radical (unpaired) electrons. The van der Waals surface area contributed by atoms with Crippen molar-refractivity contribution < 1.29 is 28.7 Å². The van der Waals surface area contributed by atoms with Gasteiger partial charge in [0.15, 0.2) is 6.61 Å². The normalized spacial score (nSPS) is 12.2. The standard InChI is InChI=1S/C25H18ClN3O6/c1-14(30)27-16-7-9-17(10-8-16)28-22(31)13-35-25(34)15-6-11-18-19(12-15)24(33)29(23(18)32)21-5-3-2-4-20(21)26/h2-12H,13H2,1H3,(H,27,30)(H,28,31). The topological polar surface area (TPSA) is 122 Å². The largest absolute Gasteiger partial charge is 0.452 e. The number of halogens is 1. The summed E-state index contributed by atoms with van der Waals surface area (Å²) in [6, 6.07) is 16.8. The first kappa shape index (κ1) is 23.7. The van der Waals surface area contributed by atoms with Crippen LogP contribution in [0.5, 0.6) is 0 Å². The third kappa shape index (κ3) is 5.04. The zero-order chi connectivity index (χ0) is 25.1. The van der Waals surface area contributed by atoms with Gasteiger partial charge >= 0.3 is 5.97 Å². The average Bonchev–Trinajstić information content (AvgIpc) is 3.08. The monoisotopic (exact) mass is 491 g/mol. The number of rotatable bonds is 6. The summed E-state index contributed by atoms with van der Waals surface area (Å²) in [6.45, 7) is 0.815. The summed E-state index contributed by atoms with van der Waals surface area (Å²) in [5, 5.41) is 5.41. The van der Waals surface area contributed by atoms with Crippen LogP contribution in [0.1, 0.15) is 38.0 Å². The number of imide groups is 1. The highest BCUT2D eigenvalue weighted by Crippen LogP contribution is 2.33. The Kier molecular flexibility index (Phi) is 6.61. The van der Waals surface area contributed by atoms with Gasteiger partial charge in [0.25, 0.3) is 17.7 Å². The van der Waals surface area contributed by atoms with Gasteiger partial charge in [0.2, 0.25) is 5.91 Å². The molecule has 0 saturated carbocycles. The van der Waals surface area contributed by atoms with Crippen LogP contribution in [-0.2, 0) is 14.3 Å². The fourth-order valence-corrected chi connectivity index (χ4v) is 3.69. The molecule has 0 unspecified atom stereocenters. The Hall–Kier alpha value is -4.50. The van der Waals surface area contributed by atoms with Crippen LogP contribution in [0.3, 0.4) is 0 Å². The molecule has 176 valence electrons. The van der Waals surface area contributed by atoms with Crippen LogP contribution in [0.2, 0.25) is 5.02 Å². The summed E-state index contributed by atoms with van der Waals surface area (Å²) in [5.74, 6) is -2.80. The van der Waals surface area contributed by atoms with Crippen molar-refractivity contribution in [3.63, 3.8) is 0 Å². The van der Waals surface area contributed by atoms with Gasteiger partial charge in [-0.2, -0.15) is 0 Å². The second-order valence-electron chi connectivity index (χ2n) is 7.54. The molecule has 35 heavy (non-hydrogen) atoms. The third-order valence-corrected chi connectivity index (χ3v) is 5.36. The maximum atomic E-state index is 12.9. The number of hydrogen-bond acceptors (Lipinski definition) is 6. The van der Waals surface area contributed by atoms with Gasteiger partial charge in [-0.3, -0.25) is 19.2 Å². The number of carbonyl (C=O) groups is 5. The van der Waals surface area contributed by atoms with E-state index in [4.69, 9.17) is 16.3 Å². The Labute approximate surface area is 204 Å². The number of amides is 4. The molecular formula is C25H18ClN3O6. The van der Waals surface area contributed by atoms with Crippen molar-refractivity contribution in [2.45, 2.75) is 6.92 Å². The van der Waals surface area contributed by atoms with Crippen LogP contribution in [0.4, 0.5) is 17.1 Å².